The van der Waals surface area contributed by atoms with Gasteiger partial charge < -0.3 is 0 Å². The molecule has 2 aromatic heterocycles. The molecule has 55 heavy (non-hydrogen) atoms. The first-order chi connectivity index (χ1) is 27.3. The summed E-state index contributed by atoms with van der Waals surface area (Å²) in [5.74, 6) is 0. The fourth-order valence-corrected chi connectivity index (χ4v) is 10.3. The summed E-state index contributed by atoms with van der Waals surface area (Å²) in [6, 6.07) is 71.5. The molecule has 0 fully saturated rings. The van der Waals surface area contributed by atoms with Gasteiger partial charge in [0.1, 0.15) is 0 Å². The van der Waals surface area contributed by atoms with Crippen LogP contribution in [0.2, 0.25) is 0 Å². The summed E-state index contributed by atoms with van der Waals surface area (Å²) in [7, 11) is 0. The molecular weight excluding hydrogens is 734 g/mol. The van der Waals surface area contributed by atoms with Crippen LogP contribution in [0.15, 0.2) is 200 Å². The van der Waals surface area contributed by atoms with E-state index in [1.165, 1.54) is 24.9 Å². The second kappa shape index (κ2) is 14.3. The second-order valence-electron chi connectivity index (χ2n) is 13.6. The molecule has 0 saturated heterocycles. The van der Waals surface area contributed by atoms with E-state index in [2.05, 4.69) is 199 Å². The number of aromatic nitrogens is 3. The number of rotatable bonds is 7. The van der Waals surface area contributed by atoms with Gasteiger partial charge in [-0.15, -0.1) is 0 Å². The number of hydrogen-bond acceptors (Lipinski definition) is 3. The first kappa shape index (κ1) is 32.9. The van der Waals surface area contributed by atoms with E-state index in [-0.39, 0.29) is 14.5 Å². The third-order valence-electron chi connectivity index (χ3n) is 10.3. The van der Waals surface area contributed by atoms with E-state index in [1.807, 2.05) is 6.07 Å². The molecule has 0 radical (unpaired) electrons. The molecule has 10 aromatic rings. The summed E-state index contributed by atoms with van der Waals surface area (Å²) >= 11 is 0.181. The van der Waals surface area contributed by atoms with Gasteiger partial charge in [0.15, 0.2) is 0 Å². The van der Waals surface area contributed by atoms with Crippen molar-refractivity contribution >= 4 is 33.8 Å². The summed E-state index contributed by atoms with van der Waals surface area (Å²) in [6.07, 6.45) is 0. The molecule has 8 aromatic carbocycles. The van der Waals surface area contributed by atoms with Crippen LogP contribution in [-0.2, 0) is 0 Å². The Morgan fingerprint density at radius 2 is 0.782 bits per heavy atom. The molecule has 10 rings (SSSR count). The number of benzene rings is 8. The van der Waals surface area contributed by atoms with E-state index in [0.717, 1.165) is 72.6 Å². The number of fused-ring (bicyclic) bond motifs is 3. The van der Waals surface area contributed by atoms with E-state index in [4.69, 9.17) is 10.2 Å². The zero-order chi connectivity index (χ0) is 36.6. The van der Waals surface area contributed by atoms with Gasteiger partial charge in [0.05, 0.1) is 0 Å². The van der Waals surface area contributed by atoms with E-state index in [1.54, 1.807) is 0 Å². The number of hydrogen-bond donors (Lipinski definition) is 0. The molecule has 0 aliphatic rings. The molecule has 0 spiro atoms. The summed E-state index contributed by atoms with van der Waals surface area (Å²) in [4.78, 5) is 0. The molecule has 0 atom stereocenters. The monoisotopic (exact) mass is 767 g/mol. The fraction of sp³-hybridized carbons (Fsp3) is 0. The van der Waals surface area contributed by atoms with Crippen molar-refractivity contribution in [2.45, 2.75) is 0 Å². The normalized spacial score (nSPS) is 11.3. The first-order valence-electron chi connectivity index (χ1n) is 18.5. The number of nitrogens with zero attached hydrogens (tertiary/aromatic N) is 3. The molecule has 3 nitrogen and oxygen atoms in total. The average Bonchev–Trinajstić information content (AvgIpc) is 3.66. The van der Waals surface area contributed by atoms with Gasteiger partial charge in [-0.05, 0) is 0 Å². The van der Waals surface area contributed by atoms with Crippen molar-refractivity contribution in [1.82, 2.24) is 15.4 Å². The van der Waals surface area contributed by atoms with Crippen LogP contribution in [0.5, 0.6) is 0 Å². The fourth-order valence-electron chi connectivity index (χ4n) is 7.95. The van der Waals surface area contributed by atoms with Crippen molar-refractivity contribution in [3.8, 4) is 78.1 Å². The van der Waals surface area contributed by atoms with Crippen LogP contribution in [-0.4, -0.2) is 29.9 Å². The minimum absolute atomic E-state index is 0.181. The molecule has 0 aliphatic carbocycles. The SMILES string of the molecule is c1ccc(-c2cc(-c3ccccc3)c(-c3nnnc(-c4ccccc4)c3-c3ccccc3)c(-c3cccc4[se]c5ccccc5c34)c2-c2ccccc2)cc1. The Balaban J connectivity index is 1.48. The maximum absolute atomic E-state index is 5.10. The molecule has 0 saturated carbocycles. The predicted molar refractivity (Wildman–Crippen MR) is 230 cm³/mol. The van der Waals surface area contributed by atoms with Crippen LogP contribution in [0.25, 0.3) is 97.4 Å². The van der Waals surface area contributed by atoms with Crippen LogP contribution in [0, 0.1) is 0 Å². The van der Waals surface area contributed by atoms with Gasteiger partial charge in [0.25, 0.3) is 0 Å². The van der Waals surface area contributed by atoms with Gasteiger partial charge in [0.2, 0.25) is 0 Å². The molecular formula is C51H33N3Se. The summed E-state index contributed by atoms with van der Waals surface area (Å²) in [6.45, 7) is 0. The molecule has 2 heterocycles. The zero-order valence-corrected chi connectivity index (χ0v) is 31.5. The first-order valence-corrected chi connectivity index (χ1v) is 20.2. The quantitative estimate of drug-likeness (QED) is 0.152. The van der Waals surface area contributed by atoms with E-state index < -0.39 is 0 Å². The van der Waals surface area contributed by atoms with Crippen LogP contribution in [0.1, 0.15) is 0 Å². The second-order valence-corrected chi connectivity index (χ2v) is 15.8. The summed E-state index contributed by atoms with van der Waals surface area (Å²) in [5.41, 5.74) is 14.7. The Kier molecular flexibility index (Phi) is 8.53. The Bertz CT molecular complexity index is 2940. The van der Waals surface area contributed by atoms with Gasteiger partial charge in [-0.3, -0.25) is 0 Å². The predicted octanol–water partition coefficient (Wildman–Crippen LogP) is 12.9. The Hall–Kier alpha value is -6.71. The van der Waals surface area contributed by atoms with Crippen molar-refractivity contribution in [2.24, 2.45) is 0 Å². The third kappa shape index (κ3) is 5.89. The minimum atomic E-state index is 0.181. The molecule has 4 heteroatoms. The van der Waals surface area contributed by atoms with Gasteiger partial charge in [-0.1, -0.05) is 0 Å². The molecule has 0 amide bonds. The third-order valence-corrected chi connectivity index (χ3v) is 12.7. The van der Waals surface area contributed by atoms with Crippen LogP contribution >= 0.6 is 0 Å². The van der Waals surface area contributed by atoms with Gasteiger partial charge in [-0.2, -0.15) is 0 Å². The summed E-state index contributed by atoms with van der Waals surface area (Å²) in [5, 5.41) is 17.1. The average molecular weight is 767 g/mol. The maximum atomic E-state index is 5.10. The molecule has 0 N–H and O–H groups in total. The molecule has 0 unspecified atom stereocenters. The van der Waals surface area contributed by atoms with Crippen LogP contribution < -0.4 is 0 Å². The Morgan fingerprint density at radius 1 is 0.309 bits per heavy atom. The van der Waals surface area contributed by atoms with E-state index in [0.29, 0.717) is 0 Å². The molecule has 0 aliphatic heterocycles. The van der Waals surface area contributed by atoms with Gasteiger partial charge in [-0.25, -0.2) is 0 Å². The van der Waals surface area contributed by atoms with Crippen molar-refractivity contribution in [3.63, 3.8) is 0 Å². The van der Waals surface area contributed by atoms with Crippen molar-refractivity contribution in [1.29, 1.82) is 0 Å². The van der Waals surface area contributed by atoms with Crippen molar-refractivity contribution in [3.05, 3.63) is 200 Å². The Labute approximate surface area is 326 Å². The Morgan fingerprint density at radius 3 is 1.40 bits per heavy atom. The van der Waals surface area contributed by atoms with Crippen molar-refractivity contribution in [2.75, 3.05) is 0 Å². The molecule has 258 valence electrons. The standard InChI is InChI=1S/C51H33N3Se/c1-6-19-34(20-7-1)41-33-42(35-21-8-2-9-22-35)49(51-46(37-25-12-4-13-26-37)50(52-54-53-51)38-27-14-5-15-28-38)48(45(41)36-23-10-3-11-24-36)40-30-18-32-44-47(40)39-29-16-17-31-43(39)55-44/h1-33H. The van der Waals surface area contributed by atoms with Crippen LogP contribution in [0.4, 0.5) is 0 Å². The van der Waals surface area contributed by atoms with Gasteiger partial charge >= 0.3 is 328 Å². The summed E-state index contributed by atoms with van der Waals surface area (Å²) < 4.78 is 2.79. The van der Waals surface area contributed by atoms with E-state index >= 15 is 0 Å². The van der Waals surface area contributed by atoms with Crippen molar-refractivity contribution < 1.29 is 0 Å². The van der Waals surface area contributed by atoms with Crippen LogP contribution in [0.3, 0.4) is 0 Å². The topological polar surface area (TPSA) is 38.7 Å². The van der Waals surface area contributed by atoms with Gasteiger partial charge in [0, 0.05) is 0 Å². The molecule has 0 bridgehead atoms. The zero-order valence-electron chi connectivity index (χ0n) is 29.8. The van der Waals surface area contributed by atoms with E-state index in [9.17, 15) is 0 Å².